The van der Waals surface area contributed by atoms with Gasteiger partial charge in [0.05, 0.1) is 12.6 Å². The van der Waals surface area contributed by atoms with E-state index in [-0.39, 0.29) is 11.9 Å². The summed E-state index contributed by atoms with van der Waals surface area (Å²) in [7, 11) is 0. The van der Waals surface area contributed by atoms with Crippen LogP contribution in [0.25, 0.3) is 0 Å². The molecule has 2 aromatic rings. The number of amides is 1. The zero-order valence-electron chi connectivity index (χ0n) is 15.0. The Hall–Kier alpha value is -2.48. The number of carbonyl (C=O) groups is 1. The lowest BCUT2D eigenvalue weighted by atomic mass is 10.1. The van der Waals surface area contributed by atoms with Crippen LogP contribution in [0.15, 0.2) is 29.0 Å². The van der Waals surface area contributed by atoms with Gasteiger partial charge in [-0.15, -0.1) is 0 Å². The van der Waals surface area contributed by atoms with Crippen molar-refractivity contribution in [1.82, 2.24) is 24.9 Å². The normalized spacial score (nSPS) is 21.3. The minimum atomic E-state index is 0.0546. The average molecular weight is 356 g/mol. The van der Waals surface area contributed by atoms with Crippen LogP contribution < -0.4 is 4.90 Å². The van der Waals surface area contributed by atoms with Crippen LogP contribution in [0.1, 0.15) is 30.3 Å². The van der Waals surface area contributed by atoms with Gasteiger partial charge in [0.15, 0.2) is 0 Å². The van der Waals surface area contributed by atoms with E-state index in [0.29, 0.717) is 6.54 Å². The van der Waals surface area contributed by atoms with E-state index in [4.69, 9.17) is 4.52 Å². The number of anilines is 1. The molecule has 1 amide bonds. The molecule has 0 unspecified atom stereocenters. The highest BCUT2D eigenvalue weighted by molar-refractivity contribution is 5.79. The summed E-state index contributed by atoms with van der Waals surface area (Å²) in [5, 5.41) is 4.12. The Labute approximate surface area is 152 Å². The summed E-state index contributed by atoms with van der Waals surface area (Å²) >= 11 is 0. The molecule has 26 heavy (non-hydrogen) atoms. The summed E-state index contributed by atoms with van der Waals surface area (Å²) in [6, 6.07) is 3.81. The van der Waals surface area contributed by atoms with Gasteiger partial charge in [-0.25, -0.2) is 9.97 Å². The monoisotopic (exact) mass is 356 g/mol. The Morgan fingerprint density at radius 2 is 1.96 bits per heavy atom. The SMILES string of the molecule is Cc1cc([C@H]2CCCN2C(=O)CN2CCN(c3ncccn3)CC2)no1. The molecule has 2 fully saturated rings. The highest BCUT2D eigenvalue weighted by Gasteiger charge is 2.33. The van der Waals surface area contributed by atoms with Crippen LogP contribution in [0, 0.1) is 6.92 Å². The number of rotatable bonds is 4. The summed E-state index contributed by atoms with van der Waals surface area (Å²) in [6.07, 6.45) is 5.49. The molecule has 4 rings (SSSR count). The van der Waals surface area contributed by atoms with Crippen LogP contribution in [0.3, 0.4) is 0 Å². The van der Waals surface area contributed by atoms with Crippen LogP contribution in [0.2, 0.25) is 0 Å². The smallest absolute Gasteiger partial charge is 0.237 e. The minimum absolute atomic E-state index is 0.0546. The molecule has 138 valence electrons. The topological polar surface area (TPSA) is 78.6 Å². The van der Waals surface area contributed by atoms with Crippen molar-refractivity contribution < 1.29 is 9.32 Å². The highest BCUT2D eigenvalue weighted by atomic mass is 16.5. The summed E-state index contributed by atoms with van der Waals surface area (Å²) in [5.74, 6) is 1.73. The van der Waals surface area contributed by atoms with Gasteiger partial charge in [-0.05, 0) is 25.8 Å². The van der Waals surface area contributed by atoms with Crippen molar-refractivity contribution in [1.29, 1.82) is 0 Å². The van der Waals surface area contributed by atoms with Crippen molar-refractivity contribution in [3.8, 4) is 0 Å². The lowest BCUT2D eigenvalue weighted by Crippen LogP contribution is -2.50. The molecule has 8 nitrogen and oxygen atoms in total. The Bertz CT molecular complexity index is 741. The fourth-order valence-electron chi connectivity index (χ4n) is 3.76. The summed E-state index contributed by atoms with van der Waals surface area (Å²) < 4.78 is 5.19. The molecule has 4 heterocycles. The molecule has 0 saturated carbocycles. The second-order valence-electron chi connectivity index (χ2n) is 6.92. The number of carbonyl (C=O) groups excluding carboxylic acids is 1. The lowest BCUT2D eigenvalue weighted by Gasteiger charge is -2.35. The third-order valence-corrected chi connectivity index (χ3v) is 5.13. The minimum Gasteiger partial charge on any atom is -0.361 e. The molecule has 8 heteroatoms. The first-order valence-electron chi connectivity index (χ1n) is 9.18. The van der Waals surface area contributed by atoms with Crippen LogP contribution in [0.5, 0.6) is 0 Å². The van der Waals surface area contributed by atoms with Gasteiger partial charge in [0.2, 0.25) is 11.9 Å². The van der Waals surface area contributed by atoms with Crippen molar-refractivity contribution in [3.63, 3.8) is 0 Å². The maximum Gasteiger partial charge on any atom is 0.237 e. The predicted molar refractivity (Wildman–Crippen MR) is 95.6 cm³/mol. The third kappa shape index (κ3) is 3.55. The third-order valence-electron chi connectivity index (χ3n) is 5.13. The molecule has 2 aromatic heterocycles. The largest absolute Gasteiger partial charge is 0.361 e. The molecule has 0 radical (unpaired) electrons. The Balaban J connectivity index is 1.32. The van der Waals surface area contributed by atoms with Gasteiger partial charge in [-0.1, -0.05) is 5.16 Å². The molecule has 0 bridgehead atoms. The molecule has 0 spiro atoms. The first kappa shape index (κ1) is 17.0. The van der Waals surface area contributed by atoms with E-state index < -0.39 is 0 Å². The number of aromatic nitrogens is 3. The molecular weight excluding hydrogens is 332 g/mol. The molecule has 0 aliphatic carbocycles. The number of likely N-dealkylation sites (tertiary alicyclic amines) is 1. The number of nitrogens with zero attached hydrogens (tertiary/aromatic N) is 6. The van der Waals surface area contributed by atoms with Gasteiger partial charge in [0.25, 0.3) is 0 Å². The standard InChI is InChI=1S/C18H24N6O2/c1-14-12-15(21-26-14)16-4-2-7-24(16)17(25)13-22-8-10-23(11-9-22)18-19-5-3-6-20-18/h3,5-6,12,16H,2,4,7-11,13H2,1H3/t16-/m1/s1. The van der Waals surface area contributed by atoms with E-state index >= 15 is 0 Å². The van der Waals surface area contributed by atoms with Gasteiger partial charge in [0, 0.05) is 51.2 Å². The van der Waals surface area contributed by atoms with Crippen molar-refractivity contribution in [2.45, 2.75) is 25.8 Å². The van der Waals surface area contributed by atoms with Crippen molar-refractivity contribution in [2.75, 3.05) is 44.2 Å². The zero-order valence-corrected chi connectivity index (χ0v) is 15.0. The molecule has 0 N–H and O–H groups in total. The molecule has 2 aliphatic heterocycles. The van der Waals surface area contributed by atoms with E-state index in [1.54, 1.807) is 12.4 Å². The first-order chi connectivity index (χ1) is 12.7. The second kappa shape index (κ2) is 7.41. The van der Waals surface area contributed by atoms with E-state index in [0.717, 1.165) is 63.0 Å². The number of piperazine rings is 1. The van der Waals surface area contributed by atoms with Gasteiger partial charge in [-0.2, -0.15) is 0 Å². The fourth-order valence-corrected chi connectivity index (χ4v) is 3.76. The fraction of sp³-hybridized carbons (Fsp3) is 0.556. The summed E-state index contributed by atoms with van der Waals surface area (Å²) in [5.41, 5.74) is 0.874. The van der Waals surface area contributed by atoms with Gasteiger partial charge >= 0.3 is 0 Å². The first-order valence-corrected chi connectivity index (χ1v) is 9.18. The van der Waals surface area contributed by atoms with Crippen molar-refractivity contribution >= 4 is 11.9 Å². The van der Waals surface area contributed by atoms with E-state index in [1.807, 2.05) is 24.0 Å². The Morgan fingerprint density at radius 3 is 2.65 bits per heavy atom. The molecule has 2 aliphatic rings. The zero-order chi connectivity index (χ0) is 17.9. The molecule has 2 saturated heterocycles. The number of hydrogen-bond donors (Lipinski definition) is 0. The number of hydrogen-bond acceptors (Lipinski definition) is 7. The quantitative estimate of drug-likeness (QED) is 0.816. The van der Waals surface area contributed by atoms with Crippen molar-refractivity contribution in [3.05, 3.63) is 36.0 Å². The van der Waals surface area contributed by atoms with Gasteiger partial charge in [-0.3, -0.25) is 9.69 Å². The average Bonchev–Trinajstić information content (AvgIpc) is 3.32. The Morgan fingerprint density at radius 1 is 1.19 bits per heavy atom. The van der Waals surface area contributed by atoms with Gasteiger partial charge in [0.1, 0.15) is 11.5 Å². The predicted octanol–water partition coefficient (Wildman–Crippen LogP) is 1.26. The van der Waals surface area contributed by atoms with E-state index in [2.05, 4.69) is 24.9 Å². The Kier molecular flexibility index (Phi) is 4.83. The van der Waals surface area contributed by atoms with Crippen LogP contribution in [-0.4, -0.2) is 70.1 Å². The van der Waals surface area contributed by atoms with Gasteiger partial charge < -0.3 is 14.3 Å². The van der Waals surface area contributed by atoms with E-state index in [9.17, 15) is 4.79 Å². The lowest BCUT2D eigenvalue weighted by molar-refractivity contribution is -0.133. The van der Waals surface area contributed by atoms with Crippen LogP contribution in [0.4, 0.5) is 5.95 Å². The molecular formula is C18H24N6O2. The summed E-state index contributed by atoms with van der Waals surface area (Å²) in [4.78, 5) is 27.8. The maximum atomic E-state index is 12.8. The molecule has 0 aromatic carbocycles. The number of aryl methyl sites for hydroxylation is 1. The maximum absolute atomic E-state index is 12.8. The van der Waals surface area contributed by atoms with E-state index in [1.165, 1.54) is 0 Å². The van der Waals surface area contributed by atoms with Crippen LogP contribution in [-0.2, 0) is 4.79 Å². The summed E-state index contributed by atoms with van der Waals surface area (Å²) in [6.45, 7) is 6.49. The molecule has 1 atom stereocenters. The second-order valence-corrected chi connectivity index (χ2v) is 6.92. The highest BCUT2D eigenvalue weighted by Crippen LogP contribution is 2.31. The van der Waals surface area contributed by atoms with Crippen molar-refractivity contribution in [2.24, 2.45) is 0 Å². The van der Waals surface area contributed by atoms with Crippen LogP contribution >= 0.6 is 0 Å².